The van der Waals surface area contributed by atoms with Crippen molar-refractivity contribution in [3.05, 3.63) is 66.7 Å². The van der Waals surface area contributed by atoms with Crippen molar-refractivity contribution in [3.63, 3.8) is 0 Å². The number of nitrogens with zero attached hydrogens (tertiary/aromatic N) is 3. The van der Waals surface area contributed by atoms with Gasteiger partial charge in [0.05, 0.1) is 0 Å². The Labute approximate surface area is 118 Å². The molecule has 1 aromatic carbocycles. The lowest BCUT2D eigenvalue weighted by atomic mass is 10.2. The van der Waals surface area contributed by atoms with Crippen LogP contribution in [0, 0.1) is 0 Å². The molecular formula is C15H10F3N3. The number of alkyl halides is 3. The van der Waals surface area contributed by atoms with Crippen LogP contribution in [0.3, 0.4) is 0 Å². The van der Waals surface area contributed by atoms with E-state index < -0.39 is 11.9 Å². The predicted molar refractivity (Wildman–Crippen MR) is 71.8 cm³/mol. The number of halogens is 3. The van der Waals surface area contributed by atoms with Crippen LogP contribution >= 0.6 is 0 Å². The monoisotopic (exact) mass is 289 g/mol. The average Bonchev–Trinajstić information content (AvgIpc) is 2.94. The summed E-state index contributed by atoms with van der Waals surface area (Å²) >= 11 is 0. The smallest absolute Gasteiger partial charge is 0.299 e. The Balaban J connectivity index is 2.20. The van der Waals surface area contributed by atoms with Gasteiger partial charge in [-0.2, -0.15) is 13.2 Å². The highest BCUT2D eigenvalue weighted by Gasteiger charge is 2.35. The maximum absolute atomic E-state index is 12.9. The molecule has 0 aliphatic heterocycles. The van der Waals surface area contributed by atoms with E-state index in [1.54, 1.807) is 42.5 Å². The first-order valence-electron chi connectivity index (χ1n) is 6.18. The van der Waals surface area contributed by atoms with Gasteiger partial charge in [0.2, 0.25) is 0 Å². The minimum atomic E-state index is -4.48. The summed E-state index contributed by atoms with van der Waals surface area (Å²) in [6.07, 6.45) is -0.438. The first-order valence-corrected chi connectivity index (χ1v) is 6.18. The largest absolute Gasteiger partial charge is 0.434 e. The molecule has 2 heterocycles. The van der Waals surface area contributed by atoms with Gasteiger partial charge in [-0.15, -0.1) is 0 Å². The number of rotatable bonds is 2. The summed E-state index contributed by atoms with van der Waals surface area (Å²) < 4.78 is 40.2. The van der Waals surface area contributed by atoms with E-state index in [4.69, 9.17) is 0 Å². The van der Waals surface area contributed by atoms with Crippen LogP contribution in [0.4, 0.5) is 13.2 Å². The molecule has 21 heavy (non-hydrogen) atoms. The zero-order valence-electron chi connectivity index (χ0n) is 10.7. The molecule has 0 amide bonds. The van der Waals surface area contributed by atoms with E-state index in [0.29, 0.717) is 11.3 Å². The molecule has 2 aromatic heterocycles. The molecule has 3 aromatic rings. The summed E-state index contributed by atoms with van der Waals surface area (Å²) in [5.41, 5.74) is 0.273. The molecule has 0 aliphatic rings. The molecule has 0 radical (unpaired) electrons. The quantitative estimate of drug-likeness (QED) is 0.715. The van der Waals surface area contributed by atoms with Gasteiger partial charge in [-0.05, 0) is 24.3 Å². The topological polar surface area (TPSA) is 30.7 Å². The van der Waals surface area contributed by atoms with Gasteiger partial charge in [-0.25, -0.2) is 4.98 Å². The van der Waals surface area contributed by atoms with Gasteiger partial charge in [-0.1, -0.05) is 18.2 Å². The van der Waals surface area contributed by atoms with E-state index >= 15 is 0 Å². The molecule has 0 atom stereocenters. The minimum Gasteiger partial charge on any atom is -0.299 e. The zero-order valence-corrected chi connectivity index (χ0v) is 10.7. The van der Waals surface area contributed by atoms with E-state index in [1.165, 1.54) is 17.0 Å². The van der Waals surface area contributed by atoms with Crippen molar-refractivity contribution in [2.45, 2.75) is 6.18 Å². The third kappa shape index (κ3) is 2.65. The van der Waals surface area contributed by atoms with Crippen molar-refractivity contribution in [2.75, 3.05) is 0 Å². The van der Waals surface area contributed by atoms with Gasteiger partial charge in [0.15, 0.2) is 5.69 Å². The van der Waals surface area contributed by atoms with Crippen molar-refractivity contribution in [3.8, 4) is 17.1 Å². The highest BCUT2D eigenvalue weighted by atomic mass is 19.4. The SMILES string of the molecule is FC(F)(F)c1cn(-c2ccccc2)c(-c2ccncc2)n1. The number of benzene rings is 1. The molecular weight excluding hydrogens is 279 g/mol. The Morgan fingerprint density at radius 3 is 2.19 bits per heavy atom. The van der Waals surface area contributed by atoms with Gasteiger partial charge >= 0.3 is 6.18 Å². The second-order valence-electron chi connectivity index (χ2n) is 4.39. The zero-order chi connectivity index (χ0) is 14.9. The number of pyridine rings is 1. The van der Waals surface area contributed by atoms with Gasteiger partial charge < -0.3 is 0 Å². The van der Waals surface area contributed by atoms with Crippen LogP contribution in [0.25, 0.3) is 17.1 Å². The van der Waals surface area contributed by atoms with Crippen molar-refractivity contribution in [2.24, 2.45) is 0 Å². The Morgan fingerprint density at radius 1 is 0.905 bits per heavy atom. The highest BCUT2D eigenvalue weighted by molar-refractivity contribution is 5.58. The Hall–Kier alpha value is -2.63. The Kier molecular flexibility index (Phi) is 3.21. The first-order chi connectivity index (χ1) is 10.1. The van der Waals surface area contributed by atoms with Crippen LogP contribution in [0.2, 0.25) is 0 Å². The number of aromatic nitrogens is 3. The summed E-state index contributed by atoms with van der Waals surface area (Å²) in [6.45, 7) is 0. The standard InChI is InChI=1S/C15H10F3N3/c16-15(17,18)13-10-21(12-4-2-1-3-5-12)14(20-13)11-6-8-19-9-7-11/h1-10H. The fourth-order valence-corrected chi connectivity index (χ4v) is 2.01. The number of para-hydroxylation sites is 1. The van der Waals surface area contributed by atoms with Crippen molar-refractivity contribution >= 4 is 0 Å². The van der Waals surface area contributed by atoms with Crippen molar-refractivity contribution in [1.29, 1.82) is 0 Å². The molecule has 3 rings (SSSR count). The lowest BCUT2D eigenvalue weighted by Gasteiger charge is -2.07. The molecule has 0 saturated carbocycles. The van der Waals surface area contributed by atoms with Crippen LogP contribution in [0.1, 0.15) is 5.69 Å². The molecule has 3 nitrogen and oxygen atoms in total. The maximum Gasteiger partial charge on any atom is 0.434 e. The first kappa shape index (κ1) is 13.4. The lowest BCUT2D eigenvalue weighted by Crippen LogP contribution is -2.04. The minimum absolute atomic E-state index is 0.232. The number of hydrogen-bond donors (Lipinski definition) is 0. The van der Waals surface area contributed by atoms with Crippen molar-refractivity contribution in [1.82, 2.24) is 14.5 Å². The summed E-state index contributed by atoms with van der Waals surface area (Å²) in [5.74, 6) is 0.232. The van der Waals surface area contributed by atoms with Gasteiger partial charge in [-0.3, -0.25) is 9.55 Å². The van der Waals surface area contributed by atoms with Gasteiger partial charge in [0, 0.05) is 29.8 Å². The predicted octanol–water partition coefficient (Wildman–Crippen LogP) is 3.95. The molecule has 0 bridgehead atoms. The van der Waals surface area contributed by atoms with E-state index in [0.717, 1.165) is 6.20 Å². The van der Waals surface area contributed by atoms with Crippen LogP contribution in [0.5, 0.6) is 0 Å². The summed E-state index contributed by atoms with van der Waals surface area (Å²) in [4.78, 5) is 7.61. The van der Waals surface area contributed by atoms with Crippen molar-refractivity contribution < 1.29 is 13.2 Å². The third-order valence-electron chi connectivity index (χ3n) is 2.97. The molecule has 0 spiro atoms. The highest BCUT2D eigenvalue weighted by Crippen LogP contribution is 2.32. The maximum atomic E-state index is 12.9. The molecule has 0 N–H and O–H groups in total. The summed E-state index contributed by atoms with van der Waals surface area (Å²) in [7, 11) is 0. The number of hydrogen-bond acceptors (Lipinski definition) is 2. The van der Waals surface area contributed by atoms with Crippen LogP contribution in [0.15, 0.2) is 61.1 Å². The Bertz CT molecular complexity index is 677. The van der Waals surface area contributed by atoms with Gasteiger partial charge in [0.1, 0.15) is 5.82 Å². The molecule has 106 valence electrons. The molecule has 6 heteroatoms. The molecule has 0 saturated heterocycles. The number of imidazole rings is 1. The molecule has 0 aliphatic carbocycles. The van der Waals surface area contributed by atoms with Gasteiger partial charge in [0.25, 0.3) is 0 Å². The lowest BCUT2D eigenvalue weighted by molar-refractivity contribution is -0.140. The fourth-order valence-electron chi connectivity index (χ4n) is 2.01. The molecule has 0 unspecified atom stereocenters. The van der Waals surface area contributed by atoms with E-state index in [-0.39, 0.29) is 5.82 Å². The van der Waals surface area contributed by atoms with Crippen LogP contribution in [-0.2, 0) is 6.18 Å². The van der Waals surface area contributed by atoms with E-state index in [2.05, 4.69) is 9.97 Å². The fraction of sp³-hybridized carbons (Fsp3) is 0.0667. The summed E-state index contributed by atoms with van der Waals surface area (Å²) in [5, 5.41) is 0. The van der Waals surface area contributed by atoms with Crippen LogP contribution in [-0.4, -0.2) is 14.5 Å². The summed E-state index contributed by atoms with van der Waals surface area (Å²) in [6, 6.07) is 12.0. The average molecular weight is 289 g/mol. The third-order valence-corrected chi connectivity index (χ3v) is 2.97. The molecule has 0 fully saturated rings. The van der Waals surface area contributed by atoms with E-state index in [1.807, 2.05) is 0 Å². The second-order valence-corrected chi connectivity index (χ2v) is 4.39. The normalized spacial score (nSPS) is 11.6. The van der Waals surface area contributed by atoms with E-state index in [9.17, 15) is 13.2 Å². The second kappa shape index (κ2) is 5.05. The Morgan fingerprint density at radius 2 is 1.57 bits per heavy atom. The van der Waals surface area contributed by atoms with Crippen LogP contribution < -0.4 is 0 Å².